The van der Waals surface area contributed by atoms with E-state index < -0.39 is 0 Å². The van der Waals surface area contributed by atoms with Crippen LogP contribution in [-0.2, 0) is 20.8 Å². The van der Waals surface area contributed by atoms with Crippen molar-refractivity contribution in [1.82, 2.24) is 9.80 Å². The average Bonchev–Trinajstić information content (AvgIpc) is 3.52. The predicted octanol–water partition coefficient (Wildman–Crippen LogP) is 7.68. The summed E-state index contributed by atoms with van der Waals surface area (Å²) in [6, 6.07) is 8.28. The molecule has 1 spiro atoms. The zero-order valence-corrected chi connectivity index (χ0v) is 29.5. The molecule has 1 amide bonds. The summed E-state index contributed by atoms with van der Waals surface area (Å²) in [6.45, 7) is 14.9. The van der Waals surface area contributed by atoms with Crippen LogP contribution < -0.4 is 4.74 Å². The van der Waals surface area contributed by atoms with E-state index >= 15 is 0 Å². The third-order valence-corrected chi connectivity index (χ3v) is 14.8. The number of allylic oxidation sites excluding steroid dienone is 1. The number of fused-ring (bicyclic) bond motifs is 7. The Morgan fingerprint density at radius 3 is 2.49 bits per heavy atom. The fourth-order valence-corrected chi connectivity index (χ4v) is 12.0. The molecule has 3 aliphatic heterocycles. The lowest BCUT2D eigenvalue weighted by molar-refractivity contribution is -0.272. The molecule has 47 heavy (non-hydrogen) atoms. The molecule has 6 fully saturated rings. The maximum absolute atomic E-state index is 13.3. The topological polar surface area (TPSA) is 60.5 Å². The summed E-state index contributed by atoms with van der Waals surface area (Å²) < 4.78 is 25.1. The van der Waals surface area contributed by atoms with Crippen molar-refractivity contribution in [3.05, 3.63) is 41.5 Å². The predicted molar refractivity (Wildman–Crippen MR) is 182 cm³/mol. The average molecular weight is 647 g/mol. The van der Waals surface area contributed by atoms with Gasteiger partial charge in [-0.2, -0.15) is 0 Å². The highest BCUT2D eigenvalue weighted by Crippen LogP contribution is 2.70. The van der Waals surface area contributed by atoms with Crippen molar-refractivity contribution >= 4 is 6.09 Å². The lowest BCUT2D eigenvalue weighted by Crippen LogP contribution is -2.53. The number of rotatable bonds is 4. The van der Waals surface area contributed by atoms with Crippen LogP contribution in [0.5, 0.6) is 5.75 Å². The van der Waals surface area contributed by atoms with Gasteiger partial charge in [0.15, 0.2) is 5.79 Å². The summed E-state index contributed by atoms with van der Waals surface area (Å²) >= 11 is 0. The number of piperazine rings is 1. The SMILES string of the molecule is COc1ccc(CN2CCN(C(=O)O[C@H]3CC[C@@]4(C)C(=CC[C@H]5[C@@H]6C[C@@H]7O[C@]8(CC[C@@H](C)CO8)[C@@H](C)[C@@H]7[C@@]6(C)CC[C@@H]54)C3)CC2)cc1. The molecule has 7 heteroatoms. The molecule has 0 unspecified atom stereocenters. The van der Waals surface area contributed by atoms with Crippen molar-refractivity contribution in [3.8, 4) is 5.75 Å². The van der Waals surface area contributed by atoms with Gasteiger partial charge in [0.2, 0.25) is 0 Å². The van der Waals surface area contributed by atoms with Crippen LogP contribution >= 0.6 is 0 Å². The van der Waals surface area contributed by atoms with Gasteiger partial charge >= 0.3 is 6.09 Å². The number of nitrogens with zero attached hydrogens (tertiary/aromatic N) is 2. The number of benzene rings is 1. The Morgan fingerprint density at radius 2 is 1.77 bits per heavy atom. The van der Waals surface area contributed by atoms with Gasteiger partial charge < -0.3 is 23.8 Å². The van der Waals surface area contributed by atoms with Crippen LogP contribution in [0.2, 0.25) is 0 Å². The van der Waals surface area contributed by atoms with Crippen molar-refractivity contribution in [2.24, 2.45) is 46.3 Å². The minimum atomic E-state index is -0.334. The van der Waals surface area contributed by atoms with E-state index in [2.05, 4.69) is 50.8 Å². The zero-order valence-electron chi connectivity index (χ0n) is 29.5. The normalized spacial score (nSPS) is 44.6. The quantitative estimate of drug-likeness (QED) is 0.313. The van der Waals surface area contributed by atoms with E-state index in [1.165, 1.54) is 37.7 Å². The van der Waals surface area contributed by atoms with Crippen LogP contribution in [0.15, 0.2) is 35.9 Å². The maximum atomic E-state index is 13.3. The lowest BCUT2D eigenvalue weighted by atomic mass is 9.47. The Labute approximate surface area is 282 Å². The monoisotopic (exact) mass is 646 g/mol. The van der Waals surface area contributed by atoms with Crippen LogP contribution in [-0.4, -0.2) is 73.8 Å². The van der Waals surface area contributed by atoms with Crippen molar-refractivity contribution < 1.29 is 23.7 Å². The minimum Gasteiger partial charge on any atom is -0.497 e. The summed E-state index contributed by atoms with van der Waals surface area (Å²) in [5.41, 5.74) is 3.42. The molecule has 1 aromatic carbocycles. The maximum Gasteiger partial charge on any atom is 0.410 e. The van der Waals surface area contributed by atoms with Gasteiger partial charge in [0, 0.05) is 51.5 Å². The number of methoxy groups -OCH3 is 1. The third kappa shape index (κ3) is 5.36. The molecule has 0 N–H and O–H groups in total. The Bertz CT molecular complexity index is 1350. The second kappa shape index (κ2) is 12.1. The minimum absolute atomic E-state index is 0.000881. The Balaban J connectivity index is 0.871. The smallest absolute Gasteiger partial charge is 0.410 e. The van der Waals surface area contributed by atoms with E-state index in [-0.39, 0.29) is 23.4 Å². The number of carbonyl (C=O) groups is 1. The van der Waals surface area contributed by atoms with Crippen LogP contribution in [0.1, 0.15) is 91.0 Å². The van der Waals surface area contributed by atoms with E-state index in [4.69, 9.17) is 18.9 Å². The second-order valence-electron chi connectivity index (χ2n) is 17.1. The van der Waals surface area contributed by atoms with E-state index in [9.17, 15) is 4.79 Å². The molecule has 3 saturated heterocycles. The highest BCUT2D eigenvalue weighted by molar-refractivity contribution is 5.68. The van der Waals surface area contributed by atoms with Gasteiger partial charge in [0.1, 0.15) is 11.9 Å². The molecule has 0 radical (unpaired) electrons. The summed E-state index contributed by atoms with van der Waals surface area (Å²) in [7, 11) is 1.70. The Kier molecular flexibility index (Phi) is 8.24. The molecule has 3 saturated carbocycles. The summed E-state index contributed by atoms with van der Waals surface area (Å²) in [5.74, 6) is 4.47. The molecule has 3 heterocycles. The fraction of sp³-hybridized carbons (Fsp3) is 0.775. The molecule has 11 atom stereocenters. The van der Waals surface area contributed by atoms with Crippen LogP contribution in [0.25, 0.3) is 0 Å². The number of hydrogen-bond acceptors (Lipinski definition) is 6. The highest BCUT2D eigenvalue weighted by atomic mass is 16.7. The number of ether oxygens (including phenoxy) is 4. The summed E-state index contributed by atoms with van der Waals surface area (Å²) in [5, 5.41) is 0. The number of carbonyl (C=O) groups excluding carboxylic acids is 1. The van der Waals surface area contributed by atoms with Gasteiger partial charge in [0.05, 0.1) is 19.8 Å². The van der Waals surface area contributed by atoms with Crippen molar-refractivity contribution in [1.29, 1.82) is 0 Å². The lowest BCUT2D eigenvalue weighted by Gasteiger charge is -2.58. The van der Waals surface area contributed by atoms with Crippen LogP contribution in [0, 0.1) is 46.3 Å². The second-order valence-corrected chi connectivity index (χ2v) is 17.1. The molecule has 7 nitrogen and oxygen atoms in total. The van der Waals surface area contributed by atoms with E-state index in [1.54, 1.807) is 12.7 Å². The van der Waals surface area contributed by atoms with Crippen molar-refractivity contribution in [3.63, 3.8) is 0 Å². The molecule has 0 aromatic heterocycles. The molecule has 258 valence electrons. The Hall–Kier alpha value is -2.09. The highest BCUT2D eigenvalue weighted by Gasteiger charge is 2.68. The van der Waals surface area contributed by atoms with Gasteiger partial charge in [-0.15, -0.1) is 0 Å². The van der Waals surface area contributed by atoms with E-state index in [0.29, 0.717) is 29.3 Å². The molecular weight excluding hydrogens is 588 g/mol. The largest absolute Gasteiger partial charge is 0.497 e. The third-order valence-electron chi connectivity index (χ3n) is 14.8. The standard InChI is InChI=1S/C40H58N2O5/c1-26-12-17-40(45-25-26)27(2)36-35(47-40)23-34-32-11-8-29-22-31(13-15-38(29,3)33(32)14-16-39(34,36)4)46-37(43)42-20-18-41(19-21-42)24-28-6-9-30(44-5)10-7-28/h6-10,26-27,31-36H,11-25H2,1-5H3/t26-,27+,31+,32-,33+,34+,35+,36+,38+,39+,40-/m1/s1. The van der Waals surface area contributed by atoms with Gasteiger partial charge in [-0.05, 0) is 103 Å². The number of hydrogen-bond donors (Lipinski definition) is 0. The molecule has 1 aromatic rings. The first-order chi connectivity index (χ1) is 22.6. The first kappa shape index (κ1) is 32.1. The van der Waals surface area contributed by atoms with Crippen LogP contribution in [0.3, 0.4) is 0 Å². The van der Waals surface area contributed by atoms with Gasteiger partial charge in [-0.25, -0.2) is 4.79 Å². The first-order valence-corrected chi connectivity index (χ1v) is 18.9. The molecular formula is C40H58N2O5. The van der Waals surface area contributed by atoms with Gasteiger partial charge in [0.25, 0.3) is 0 Å². The van der Waals surface area contributed by atoms with E-state index in [1.807, 2.05) is 17.0 Å². The molecule has 8 rings (SSSR count). The fourth-order valence-electron chi connectivity index (χ4n) is 12.0. The summed E-state index contributed by atoms with van der Waals surface area (Å²) in [4.78, 5) is 17.7. The summed E-state index contributed by atoms with van der Waals surface area (Å²) in [6.07, 6.45) is 13.1. The van der Waals surface area contributed by atoms with Crippen molar-refractivity contribution in [2.45, 2.75) is 110 Å². The Morgan fingerprint density at radius 1 is 0.979 bits per heavy atom. The van der Waals surface area contributed by atoms with Gasteiger partial charge in [-0.1, -0.05) is 51.5 Å². The van der Waals surface area contributed by atoms with E-state index in [0.717, 1.165) is 88.5 Å². The molecule has 4 aliphatic carbocycles. The first-order valence-electron chi connectivity index (χ1n) is 18.9. The van der Waals surface area contributed by atoms with Crippen LogP contribution in [0.4, 0.5) is 4.79 Å². The zero-order chi connectivity index (χ0) is 32.6. The van der Waals surface area contributed by atoms with Gasteiger partial charge in [-0.3, -0.25) is 4.90 Å². The number of amides is 1. The van der Waals surface area contributed by atoms with Crippen molar-refractivity contribution in [2.75, 3.05) is 39.9 Å². The molecule has 0 bridgehead atoms. The molecule has 7 aliphatic rings.